The van der Waals surface area contributed by atoms with E-state index in [0.29, 0.717) is 18.7 Å². The first-order valence-electron chi connectivity index (χ1n) is 5.26. The topological polar surface area (TPSA) is 69.6 Å². The Labute approximate surface area is 94.9 Å². The lowest BCUT2D eigenvalue weighted by Gasteiger charge is -2.11. The lowest BCUT2D eigenvalue weighted by molar-refractivity contribution is 0.0698. The van der Waals surface area contributed by atoms with Gasteiger partial charge >= 0.3 is 5.97 Å². The normalized spacial score (nSPS) is 12.2. The van der Waals surface area contributed by atoms with E-state index >= 15 is 0 Å². The van der Waals surface area contributed by atoms with Crippen LogP contribution in [0.2, 0.25) is 0 Å². The molecule has 0 aliphatic rings. The number of aryl methyl sites for hydroxylation is 1. The molecule has 0 aliphatic heterocycles. The molecule has 0 aromatic heterocycles. The van der Waals surface area contributed by atoms with Crippen LogP contribution >= 0.6 is 0 Å². The van der Waals surface area contributed by atoms with Crippen molar-refractivity contribution in [3.8, 4) is 0 Å². The molecular weight excluding hydrogens is 206 g/mol. The molecule has 1 rings (SSSR count). The molecule has 0 fully saturated rings. The molecule has 0 radical (unpaired) electrons. The van der Waals surface area contributed by atoms with Gasteiger partial charge in [0.25, 0.3) is 0 Å². The Morgan fingerprint density at radius 3 is 2.75 bits per heavy atom. The number of aliphatic hydroxyl groups is 1. The lowest BCUT2D eigenvalue weighted by atomic mass is 10.1. The van der Waals surface area contributed by atoms with Gasteiger partial charge in [0, 0.05) is 12.2 Å². The van der Waals surface area contributed by atoms with E-state index < -0.39 is 5.97 Å². The van der Waals surface area contributed by atoms with Crippen molar-refractivity contribution < 1.29 is 15.0 Å². The molecule has 0 saturated carbocycles. The second-order valence-electron chi connectivity index (χ2n) is 3.92. The van der Waals surface area contributed by atoms with Crippen molar-refractivity contribution in [2.45, 2.75) is 26.4 Å². The maximum absolute atomic E-state index is 11.0. The minimum absolute atomic E-state index is 0.269. The summed E-state index contributed by atoms with van der Waals surface area (Å²) in [5.41, 5.74) is 1.78. The molecule has 0 aliphatic carbocycles. The van der Waals surface area contributed by atoms with Gasteiger partial charge in [0.05, 0.1) is 11.7 Å². The van der Waals surface area contributed by atoms with Gasteiger partial charge in [-0.2, -0.15) is 0 Å². The SMILES string of the molecule is Cc1ccc(NCCC(C)O)c(C(=O)O)c1. The summed E-state index contributed by atoms with van der Waals surface area (Å²) in [5, 5.41) is 21.1. The molecule has 0 saturated heterocycles. The van der Waals surface area contributed by atoms with Crippen LogP contribution in [0, 0.1) is 6.92 Å². The smallest absolute Gasteiger partial charge is 0.337 e. The molecule has 1 aromatic rings. The first-order chi connectivity index (χ1) is 7.50. The Hall–Kier alpha value is -1.55. The molecule has 1 aromatic carbocycles. The molecule has 4 heteroatoms. The Balaban J connectivity index is 2.75. The van der Waals surface area contributed by atoms with Crippen LogP contribution in [0.5, 0.6) is 0 Å². The van der Waals surface area contributed by atoms with Crippen LogP contribution in [-0.2, 0) is 0 Å². The Morgan fingerprint density at radius 1 is 1.50 bits per heavy atom. The number of hydrogen-bond donors (Lipinski definition) is 3. The van der Waals surface area contributed by atoms with Gasteiger partial charge in [-0.25, -0.2) is 4.79 Å². The van der Waals surface area contributed by atoms with Crippen LogP contribution in [0.15, 0.2) is 18.2 Å². The van der Waals surface area contributed by atoms with Gasteiger partial charge in [0.15, 0.2) is 0 Å². The minimum Gasteiger partial charge on any atom is -0.478 e. The van der Waals surface area contributed by atoms with Crippen molar-refractivity contribution in [3.05, 3.63) is 29.3 Å². The summed E-state index contributed by atoms with van der Waals surface area (Å²) in [7, 11) is 0. The average Bonchev–Trinajstić information content (AvgIpc) is 2.19. The highest BCUT2D eigenvalue weighted by molar-refractivity contribution is 5.94. The Morgan fingerprint density at radius 2 is 2.19 bits per heavy atom. The number of hydrogen-bond acceptors (Lipinski definition) is 3. The largest absolute Gasteiger partial charge is 0.478 e. The number of rotatable bonds is 5. The Kier molecular flexibility index (Phi) is 4.31. The van der Waals surface area contributed by atoms with E-state index in [4.69, 9.17) is 10.2 Å². The van der Waals surface area contributed by atoms with Crippen LogP contribution < -0.4 is 5.32 Å². The highest BCUT2D eigenvalue weighted by atomic mass is 16.4. The maximum Gasteiger partial charge on any atom is 0.337 e. The molecule has 16 heavy (non-hydrogen) atoms. The quantitative estimate of drug-likeness (QED) is 0.712. The van der Waals surface area contributed by atoms with E-state index in [2.05, 4.69) is 5.32 Å². The van der Waals surface area contributed by atoms with Crippen molar-refractivity contribution in [1.82, 2.24) is 0 Å². The number of anilines is 1. The van der Waals surface area contributed by atoms with Crippen molar-refractivity contribution in [1.29, 1.82) is 0 Å². The van der Waals surface area contributed by atoms with E-state index in [0.717, 1.165) is 5.56 Å². The first kappa shape index (κ1) is 12.5. The van der Waals surface area contributed by atoms with Gasteiger partial charge in [0.2, 0.25) is 0 Å². The van der Waals surface area contributed by atoms with Gasteiger partial charge in [-0.05, 0) is 32.4 Å². The summed E-state index contributed by atoms with van der Waals surface area (Å²) in [6.45, 7) is 4.11. The molecule has 88 valence electrons. The summed E-state index contributed by atoms with van der Waals surface area (Å²) >= 11 is 0. The van der Waals surface area contributed by atoms with Crippen LogP contribution in [0.25, 0.3) is 0 Å². The fourth-order valence-electron chi connectivity index (χ4n) is 1.40. The molecule has 1 unspecified atom stereocenters. The van der Waals surface area contributed by atoms with Crippen molar-refractivity contribution >= 4 is 11.7 Å². The van der Waals surface area contributed by atoms with Gasteiger partial charge < -0.3 is 15.5 Å². The zero-order chi connectivity index (χ0) is 12.1. The molecule has 0 bridgehead atoms. The summed E-state index contributed by atoms with van der Waals surface area (Å²) in [4.78, 5) is 11.0. The lowest BCUT2D eigenvalue weighted by Crippen LogP contribution is -2.12. The number of carboxylic acids is 1. The number of aliphatic hydroxyl groups excluding tert-OH is 1. The minimum atomic E-state index is -0.941. The Bertz CT molecular complexity index is 375. The molecule has 0 spiro atoms. The van der Waals surface area contributed by atoms with Gasteiger partial charge in [0.1, 0.15) is 0 Å². The van der Waals surface area contributed by atoms with E-state index in [1.165, 1.54) is 0 Å². The predicted octanol–water partition coefficient (Wildman–Crippen LogP) is 1.88. The van der Waals surface area contributed by atoms with Crippen LogP contribution in [0.4, 0.5) is 5.69 Å². The van der Waals surface area contributed by atoms with Crippen molar-refractivity contribution in [2.75, 3.05) is 11.9 Å². The number of benzene rings is 1. The molecule has 0 amide bonds. The van der Waals surface area contributed by atoms with Crippen LogP contribution in [-0.4, -0.2) is 28.8 Å². The van der Waals surface area contributed by atoms with Gasteiger partial charge in [-0.1, -0.05) is 11.6 Å². The molecule has 1 atom stereocenters. The summed E-state index contributed by atoms with van der Waals surface area (Å²) in [6.07, 6.45) is 0.207. The molecule has 3 N–H and O–H groups in total. The molecule has 0 heterocycles. The average molecular weight is 223 g/mol. The zero-order valence-electron chi connectivity index (χ0n) is 9.53. The standard InChI is InChI=1S/C12H17NO3/c1-8-3-4-11(10(7-8)12(15)16)13-6-5-9(2)14/h3-4,7,9,13-14H,5-6H2,1-2H3,(H,15,16). The highest BCUT2D eigenvalue weighted by Crippen LogP contribution is 2.17. The van der Waals surface area contributed by atoms with Gasteiger partial charge in [-0.15, -0.1) is 0 Å². The third kappa shape index (κ3) is 3.55. The first-order valence-corrected chi connectivity index (χ1v) is 5.26. The van der Waals surface area contributed by atoms with Crippen molar-refractivity contribution in [3.63, 3.8) is 0 Å². The predicted molar refractivity (Wildman–Crippen MR) is 62.9 cm³/mol. The zero-order valence-corrected chi connectivity index (χ0v) is 9.53. The summed E-state index contributed by atoms with van der Waals surface area (Å²) in [6, 6.07) is 5.24. The number of nitrogens with one attached hydrogen (secondary N) is 1. The fraction of sp³-hybridized carbons (Fsp3) is 0.417. The van der Waals surface area contributed by atoms with E-state index in [9.17, 15) is 4.79 Å². The van der Waals surface area contributed by atoms with Crippen LogP contribution in [0.3, 0.4) is 0 Å². The molecule has 4 nitrogen and oxygen atoms in total. The van der Waals surface area contributed by atoms with E-state index in [1.807, 2.05) is 13.0 Å². The van der Waals surface area contributed by atoms with E-state index in [1.54, 1.807) is 19.1 Å². The number of aromatic carboxylic acids is 1. The van der Waals surface area contributed by atoms with E-state index in [-0.39, 0.29) is 11.7 Å². The third-order valence-electron chi connectivity index (χ3n) is 2.28. The molecular formula is C12H17NO3. The second kappa shape index (κ2) is 5.51. The fourth-order valence-corrected chi connectivity index (χ4v) is 1.40. The van der Waals surface area contributed by atoms with Crippen molar-refractivity contribution in [2.24, 2.45) is 0 Å². The number of carboxylic acid groups (broad SMARTS) is 1. The monoisotopic (exact) mass is 223 g/mol. The third-order valence-corrected chi connectivity index (χ3v) is 2.28. The maximum atomic E-state index is 11.0. The van der Waals surface area contributed by atoms with Crippen LogP contribution in [0.1, 0.15) is 29.3 Å². The second-order valence-corrected chi connectivity index (χ2v) is 3.92. The highest BCUT2D eigenvalue weighted by Gasteiger charge is 2.09. The summed E-state index contributed by atoms with van der Waals surface area (Å²) in [5.74, 6) is -0.941. The summed E-state index contributed by atoms with van der Waals surface area (Å²) < 4.78 is 0. The number of carbonyl (C=O) groups is 1. The van der Waals surface area contributed by atoms with Gasteiger partial charge in [-0.3, -0.25) is 0 Å².